The summed E-state index contributed by atoms with van der Waals surface area (Å²) in [6, 6.07) is 22.9. The number of hydrogen-bond donors (Lipinski definition) is 1. The van der Waals surface area contributed by atoms with Gasteiger partial charge in [-0.1, -0.05) is 30.3 Å². The van der Waals surface area contributed by atoms with E-state index in [9.17, 15) is 10.1 Å². The van der Waals surface area contributed by atoms with Crippen molar-refractivity contribution < 1.29 is 9.53 Å². The zero-order valence-corrected chi connectivity index (χ0v) is 15.8. The van der Waals surface area contributed by atoms with E-state index in [4.69, 9.17) is 4.74 Å². The molecular formula is C24H19N3O2. The molecule has 0 aliphatic carbocycles. The van der Waals surface area contributed by atoms with Gasteiger partial charge in [0.15, 0.2) is 0 Å². The molecule has 0 spiro atoms. The first-order valence-electron chi connectivity index (χ1n) is 9.68. The molecule has 1 aliphatic rings. The van der Waals surface area contributed by atoms with Crippen molar-refractivity contribution in [3.8, 4) is 11.8 Å². The van der Waals surface area contributed by atoms with Gasteiger partial charge in [0, 0.05) is 18.5 Å². The minimum atomic E-state index is -0.0636. The summed E-state index contributed by atoms with van der Waals surface area (Å²) in [5, 5.41) is 19.1. The molecule has 0 aromatic heterocycles. The highest BCUT2D eigenvalue weighted by Crippen LogP contribution is 2.32. The molecule has 5 rings (SSSR count). The van der Waals surface area contributed by atoms with E-state index in [1.165, 1.54) is 10.8 Å². The summed E-state index contributed by atoms with van der Waals surface area (Å²) in [7, 11) is 0. The molecule has 1 N–H and O–H groups in total. The van der Waals surface area contributed by atoms with Gasteiger partial charge in [-0.15, -0.1) is 0 Å². The fourth-order valence-corrected chi connectivity index (χ4v) is 3.97. The molecule has 4 aromatic carbocycles. The van der Waals surface area contributed by atoms with E-state index < -0.39 is 0 Å². The lowest BCUT2D eigenvalue weighted by Crippen LogP contribution is -2.31. The van der Waals surface area contributed by atoms with Gasteiger partial charge in [-0.05, 0) is 57.3 Å². The van der Waals surface area contributed by atoms with E-state index in [1.807, 2.05) is 24.3 Å². The predicted octanol–water partition coefficient (Wildman–Crippen LogP) is 4.42. The van der Waals surface area contributed by atoms with Crippen LogP contribution in [-0.2, 0) is 0 Å². The highest BCUT2D eigenvalue weighted by Gasteiger charge is 2.19. The number of benzene rings is 4. The van der Waals surface area contributed by atoms with E-state index in [2.05, 4.69) is 47.8 Å². The summed E-state index contributed by atoms with van der Waals surface area (Å²) in [4.78, 5) is 13.4. The minimum absolute atomic E-state index is 0.0636. The van der Waals surface area contributed by atoms with E-state index in [-0.39, 0.29) is 6.03 Å². The molecular weight excluding hydrogens is 362 g/mol. The Morgan fingerprint density at radius 3 is 2.38 bits per heavy atom. The molecule has 1 heterocycles. The fourth-order valence-electron chi connectivity index (χ4n) is 3.97. The number of amides is 2. The molecule has 0 bridgehead atoms. The van der Waals surface area contributed by atoms with Crippen molar-refractivity contribution in [3.05, 3.63) is 66.2 Å². The third-order valence-corrected chi connectivity index (χ3v) is 5.48. The van der Waals surface area contributed by atoms with Crippen LogP contribution >= 0.6 is 0 Å². The van der Waals surface area contributed by atoms with E-state index in [0.717, 1.165) is 21.5 Å². The number of fused-ring (bicyclic) bond motifs is 3. The molecule has 5 nitrogen and oxygen atoms in total. The Bertz CT molecular complexity index is 1310. The Balaban J connectivity index is 1.52. The Hall–Kier alpha value is -3.78. The lowest BCUT2D eigenvalue weighted by Gasteiger charge is -2.16. The Morgan fingerprint density at radius 2 is 1.69 bits per heavy atom. The molecule has 29 heavy (non-hydrogen) atoms. The zero-order valence-electron chi connectivity index (χ0n) is 15.8. The summed E-state index contributed by atoms with van der Waals surface area (Å²) in [5.41, 5.74) is 0.531. The molecule has 1 fully saturated rings. The van der Waals surface area contributed by atoms with Crippen molar-refractivity contribution in [2.45, 2.75) is 0 Å². The maximum atomic E-state index is 11.6. The Morgan fingerprint density at radius 1 is 0.966 bits per heavy atom. The first-order valence-corrected chi connectivity index (χ1v) is 9.68. The van der Waals surface area contributed by atoms with E-state index >= 15 is 0 Å². The average Bonchev–Trinajstić information content (AvgIpc) is 3.15. The first-order chi connectivity index (χ1) is 14.2. The molecule has 0 saturated carbocycles. The van der Waals surface area contributed by atoms with Crippen molar-refractivity contribution in [2.75, 3.05) is 26.2 Å². The second-order valence-corrected chi connectivity index (χ2v) is 7.24. The Labute approximate surface area is 168 Å². The third kappa shape index (κ3) is 3.09. The number of rotatable bonds is 4. The van der Waals surface area contributed by atoms with Gasteiger partial charge in [0.2, 0.25) is 0 Å². The lowest BCUT2D eigenvalue weighted by molar-refractivity contribution is 0.202. The smallest absolute Gasteiger partial charge is 0.317 e. The number of nitrogens with one attached hydrogen (secondary N) is 1. The van der Waals surface area contributed by atoms with Crippen LogP contribution in [0.15, 0.2) is 60.7 Å². The van der Waals surface area contributed by atoms with Gasteiger partial charge in [-0.25, -0.2) is 4.79 Å². The molecule has 1 saturated heterocycles. The average molecular weight is 381 g/mol. The number of nitrogens with zero attached hydrogens (tertiary/aromatic N) is 2. The summed E-state index contributed by atoms with van der Waals surface area (Å²) in [6.07, 6.45) is 0. The molecule has 1 aliphatic heterocycles. The molecule has 4 aromatic rings. The van der Waals surface area contributed by atoms with Gasteiger partial charge in [-0.3, -0.25) is 0 Å². The Kier molecular flexibility index (Phi) is 4.18. The second-order valence-electron chi connectivity index (χ2n) is 7.24. The van der Waals surface area contributed by atoms with E-state index in [1.54, 1.807) is 4.90 Å². The maximum Gasteiger partial charge on any atom is 0.317 e. The number of urea groups is 1. The van der Waals surface area contributed by atoms with Crippen molar-refractivity contribution in [1.82, 2.24) is 10.2 Å². The quantitative estimate of drug-likeness (QED) is 0.532. The number of nitriles is 1. The monoisotopic (exact) mass is 381 g/mol. The van der Waals surface area contributed by atoms with Gasteiger partial charge in [-0.2, -0.15) is 5.26 Å². The van der Waals surface area contributed by atoms with Gasteiger partial charge in [0.05, 0.1) is 6.54 Å². The highest BCUT2D eigenvalue weighted by molar-refractivity contribution is 6.06. The summed E-state index contributed by atoms with van der Waals surface area (Å²) in [5.74, 6) is 0.555. The second kappa shape index (κ2) is 6.99. The standard InChI is InChI=1S/C24H19N3O2/c25-15-22-21-14-20-12-17-4-2-1-3-16(17)11-19(20)13-18(21)5-6-23(22)29-10-9-27-8-7-26-24(27)28/h1-6,11-14H,7-10H2,(H,26,28). The van der Waals surface area contributed by atoms with Crippen LogP contribution in [0.5, 0.6) is 5.75 Å². The maximum absolute atomic E-state index is 11.6. The molecule has 0 radical (unpaired) electrons. The number of ether oxygens (including phenoxy) is 1. The van der Waals surface area contributed by atoms with E-state index in [0.29, 0.717) is 37.6 Å². The van der Waals surface area contributed by atoms with Gasteiger partial charge in [0.25, 0.3) is 0 Å². The van der Waals surface area contributed by atoms with Crippen LogP contribution in [0.4, 0.5) is 4.79 Å². The molecule has 5 heteroatoms. The lowest BCUT2D eigenvalue weighted by atomic mass is 9.97. The van der Waals surface area contributed by atoms with Crippen molar-refractivity contribution in [1.29, 1.82) is 5.26 Å². The van der Waals surface area contributed by atoms with Crippen LogP contribution in [0.1, 0.15) is 5.56 Å². The van der Waals surface area contributed by atoms with Crippen molar-refractivity contribution in [3.63, 3.8) is 0 Å². The topological polar surface area (TPSA) is 65.4 Å². The molecule has 142 valence electrons. The van der Waals surface area contributed by atoms with Crippen LogP contribution in [0.2, 0.25) is 0 Å². The number of hydrogen-bond acceptors (Lipinski definition) is 3. The van der Waals surface area contributed by atoms with Crippen molar-refractivity contribution >= 4 is 38.3 Å². The normalized spacial score (nSPS) is 13.8. The molecule has 2 amide bonds. The first kappa shape index (κ1) is 17.3. The minimum Gasteiger partial charge on any atom is -0.490 e. The number of carbonyl (C=O) groups is 1. The van der Waals surface area contributed by atoms with Gasteiger partial charge in [0.1, 0.15) is 24.0 Å². The number of carbonyl (C=O) groups excluding carboxylic acids is 1. The summed E-state index contributed by atoms with van der Waals surface area (Å²) < 4.78 is 5.88. The van der Waals surface area contributed by atoms with Crippen molar-refractivity contribution in [2.24, 2.45) is 0 Å². The highest BCUT2D eigenvalue weighted by atomic mass is 16.5. The van der Waals surface area contributed by atoms with Gasteiger partial charge >= 0.3 is 6.03 Å². The third-order valence-electron chi connectivity index (χ3n) is 5.48. The summed E-state index contributed by atoms with van der Waals surface area (Å²) >= 11 is 0. The van der Waals surface area contributed by atoms with Crippen LogP contribution in [0.3, 0.4) is 0 Å². The van der Waals surface area contributed by atoms with Crippen LogP contribution in [0, 0.1) is 11.3 Å². The predicted molar refractivity (Wildman–Crippen MR) is 114 cm³/mol. The zero-order chi connectivity index (χ0) is 19.8. The van der Waals surface area contributed by atoms with Crippen LogP contribution in [0.25, 0.3) is 32.3 Å². The summed E-state index contributed by atoms with van der Waals surface area (Å²) in [6.45, 7) is 2.20. The SMILES string of the molecule is N#Cc1c(OCCN2CCNC2=O)ccc2cc3cc4ccccc4cc3cc12. The molecule has 0 atom stereocenters. The van der Waals surface area contributed by atoms with Crippen LogP contribution < -0.4 is 10.1 Å². The van der Waals surface area contributed by atoms with Gasteiger partial charge < -0.3 is 15.0 Å². The largest absolute Gasteiger partial charge is 0.490 e. The van der Waals surface area contributed by atoms with Crippen LogP contribution in [-0.4, -0.2) is 37.2 Å². The fraction of sp³-hybridized carbons (Fsp3) is 0.167. The molecule has 0 unspecified atom stereocenters.